The van der Waals surface area contributed by atoms with Gasteiger partial charge in [0.15, 0.2) is 6.10 Å². The predicted octanol–water partition coefficient (Wildman–Crippen LogP) is 1.97. The zero-order valence-electron chi connectivity index (χ0n) is 11.9. The molecule has 5 nitrogen and oxygen atoms in total. The van der Waals surface area contributed by atoms with Crippen molar-refractivity contribution in [1.82, 2.24) is 14.5 Å². The summed E-state index contributed by atoms with van der Waals surface area (Å²) in [5, 5.41) is 0.327. The summed E-state index contributed by atoms with van der Waals surface area (Å²) in [5.41, 5.74) is 0.0601. The molecule has 21 heavy (non-hydrogen) atoms. The summed E-state index contributed by atoms with van der Waals surface area (Å²) < 4.78 is 7.59. The fraction of sp³-hybridized carbons (Fsp3) is 0.667. The predicted molar refractivity (Wildman–Crippen MR) is 80.7 cm³/mol. The van der Waals surface area contributed by atoms with Crippen molar-refractivity contribution >= 4 is 23.3 Å². The SMILES string of the molecule is O=C1[C@H](OC(=S)n2ccnc2)[C@@H]2CCCC[C@@]23CCCN13. The number of thiocarbonyl (C=S) groups is 1. The first-order valence-electron chi connectivity index (χ1n) is 7.73. The van der Waals surface area contributed by atoms with Crippen LogP contribution in [0.2, 0.25) is 0 Å². The van der Waals surface area contributed by atoms with E-state index >= 15 is 0 Å². The van der Waals surface area contributed by atoms with Gasteiger partial charge in [-0.25, -0.2) is 4.98 Å². The Labute approximate surface area is 129 Å². The molecule has 2 saturated heterocycles. The van der Waals surface area contributed by atoms with Crippen LogP contribution < -0.4 is 0 Å². The number of aromatic nitrogens is 2. The molecule has 3 fully saturated rings. The van der Waals surface area contributed by atoms with Crippen molar-refractivity contribution < 1.29 is 9.53 Å². The average Bonchev–Trinajstić information content (AvgIpc) is 3.17. The summed E-state index contributed by atoms with van der Waals surface area (Å²) in [6.45, 7) is 0.882. The first-order valence-corrected chi connectivity index (χ1v) is 8.14. The van der Waals surface area contributed by atoms with E-state index in [2.05, 4.69) is 9.88 Å². The van der Waals surface area contributed by atoms with E-state index < -0.39 is 6.10 Å². The number of imidazole rings is 1. The first-order chi connectivity index (χ1) is 10.2. The Hall–Kier alpha value is -1.43. The second kappa shape index (κ2) is 4.80. The lowest BCUT2D eigenvalue weighted by molar-refractivity contribution is -0.135. The summed E-state index contributed by atoms with van der Waals surface area (Å²) in [6, 6.07) is 0. The monoisotopic (exact) mass is 305 g/mol. The minimum Gasteiger partial charge on any atom is -0.457 e. The van der Waals surface area contributed by atoms with Gasteiger partial charge in [0.25, 0.3) is 11.1 Å². The summed E-state index contributed by atoms with van der Waals surface area (Å²) in [5.74, 6) is 0.435. The molecule has 1 spiro atoms. The third-order valence-corrected chi connectivity index (χ3v) is 5.72. The fourth-order valence-corrected chi connectivity index (χ4v) is 4.77. The van der Waals surface area contributed by atoms with Crippen LogP contribution in [0.5, 0.6) is 0 Å². The highest BCUT2D eigenvalue weighted by Crippen LogP contribution is 2.52. The highest BCUT2D eigenvalue weighted by atomic mass is 32.1. The number of hydrogen-bond acceptors (Lipinski definition) is 4. The summed E-state index contributed by atoms with van der Waals surface area (Å²) in [6.07, 6.45) is 11.5. The number of hydrogen-bond donors (Lipinski definition) is 0. The topological polar surface area (TPSA) is 47.4 Å². The maximum absolute atomic E-state index is 12.8. The molecule has 3 aliphatic rings. The van der Waals surface area contributed by atoms with E-state index in [0.29, 0.717) is 11.1 Å². The van der Waals surface area contributed by atoms with Crippen LogP contribution in [0.4, 0.5) is 0 Å². The van der Waals surface area contributed by atoms with Gasteiger partial charge >= 0.3 is 0 Å². The summed E-state index contributed by atoms with van der Waals surface area (Å²) in [4.78, 5) is 18.8. The molecule has 1 aliphatic carbocycles. The minimum atomic E-state index is -0.402. The molecule has 2 aliphatic heterocycles. The van der Waals surface area contributed by atoms with E-state index in [-0.39, 0.29) is 11.4 Å². The Balaban J connectivity index is 1.61. The van der Waals surface area contributed by atoms with Gasteiger partial charge in [0.2, 0.25) is 0 Å². The van der Waals surface area contributed by atoms with Crippen LogP contribution in [0.15, 0.2) is 18.7 Å². The Morgan fingerprint density at radius 2 is 2.24 bits per heavy atom. The van der Waals surface area contributed by atoms with Gasteiger partial charge in [0.05, 0.1) is 0 Å². The van der Waals surface area contributed by atoms with E-state index in [1.807, 2.05) is 0 Å². The van der Waals surface area contributed by atoms with E-state index in [0.717, 1.165) is 32.2 Å². The Morgan fingerprint density at radius 1 is 1.38 bits per heavy atom. The third kappa shape index (κ3) is 1.84. The van der Waals surface area contributed by atoms with Crippen molar-refractivity contribution in [3.05, 3.63) is 18.7 Å². The number of amides is 1. The molecule has 1 saturated carbocycles. The molecule has 1 aromatic heterocycles. The summed E-state index contributed by atoms with van der Waals surface area (Å²) >= 11 is 5.32. The molecule has 0 aromatic carbocycles. The number of carbonyl (C=O) groups is 1. The molecule has 3 heterocycles. The van der Waals surface area contributed by atoms with Gasteiger partial charge in [-0.15, -0.1) is 0 Å². The lowest BCUT2D eigenvalue weighted by atomic mass is 9.71. The molecule has 0 unspecified atom stereocenters. The molecule has 6 heteroatoms. The maximum atomic E-state index is 12.8. The van der Waals surface area contributed by atoms with E-state index in [1.165, 1.54) is 12.8 Å². The van der Waals surface area contributed by atoms with Crippen LogP contribution >= 0.6 is 12.2 Å². The lowest BCUT2D eigenvalue weighted by Gasteiger charge is -2.40. The van der Waals surface area contributed by atoms with Crippen LogP contribution in [0.1, 0.15) is 38.5 Å². The van der Waals surface area contributed by atoms with Crippen LogP contribution in [-0.2, 0) is 9.53 Å². The molecule has 0 N–H and O–H groups in total. The van der Waals surface area contributed by atoms with Gasteiger partial charge in [-0.3, -0.25) is 9.36 Å². The molecule has 0 bridgehead atoms. The number of carbonyl (C=O) groups excluding carboxylic acids is 1. The molecule has 112 valence electrons. The highest BCUT2D eigenvalue weighted by Gasteiger charge is 2.61. The Kier molecular flexibility index (Phi) is 3.03. The lowest BCUT2D eigenvalue weighted by Crippen LogP contribution is -2.46. The molecule has 1 amide bonds. The maximum Gasteiger partial charge on any atom is 0.269 e. The minimum absolute atomic E-state index is 0.0601. The first kappa shape index (κ1) is 13.2. The highest BCUT2D eigenvalue weighted by molar-refractivity contribution is 7.80. The van der Waals surface area contributed by atoms with Crippen molar-refractivity contribution in [2.24, 2.45) is 5.92 Å². The van der Waals surface area contributed by atoms with Gasteiger partial charge in [0, 0.05) is 30.4 Å². The molecular formula is C15H19N3O2S. The number of ether oxygens (including phenoxy) is 1. The number of rotatable bonds is 1. The van der Waals surface area contributed by atoms with Crippen LogP contribution in [0.3, 0.4) is 0 Å². The van der Waals surface area contributed by atoms with Gasteiger partial charge < -0.3 is 9.64 Å². The van der Waals surface area contributed by atoms with E-state index in [1.54, 1.807) is 23.3 Å². The molecule has 1 aromatic rings. The van der Waals surface area contributed by atoms with Gasteiger partial charge in [-0.2, -0.15) is 0 Å². The van der Waals surface area contributed by atoms with Crippen molar-refractivity contribution in [2.45, 2.75) is 50.2 Å². The van der Waals surface area contributed by atoms with Gasteiger partial charge in [-0.05, 0) is 37.9 Å². The van der Waals surface area contributed by atoms with E-state index in [9.17, 15) is 4.79 Å². The second-order valence-electron chi connectivity index (χ2n) is 6.32. The van der Waals surface area contributed by atoms with Crippen molar-refractivity contribution in [1.29, 1.82) is 0 Å². The Bertz CT molecular complexity index is 573. The zero-order chi connectivity index (χ0) is 14.4. The smallest absolute Gasteiger partial charge is 0.269 e. The molecule has 0 radical (unpaired) electrons. The van der Waals surface area contributed by atoms with Crippen LogP contribution in [0.25, 0.3) is 0 Å². The third-order valence-electron chi connectivity index (χ3n) is 5.41. The van der Waals surface area contributed by atoms with Crippen LogP contribution in [-0.4, -0.2) is 43.7 Å². The average molecular weight is 305 g/mol. The molecule has 4 rings (SSSR count). The zero-order valence-corrected chi connectivity index (χ0v) is 12.7. The normalized spacial score (nSPS) is 34.7. The van der Waals surface area contributed by atoms with Crippen molar-refractivity contribution in [3.8, 4) is 0 Å². The molecular weight excluding hydrogens is 286 g/mol. The van der Waals surface area contributed by atoms with Crippen molar-refractivity contribution in [3.63, 3.8) is 0 Å². The quantitative estimate of drug-likeness (QED) is 0.744. The van der Waals surface area contributed by atoms with Gasteiger partial charge in [0.1, 0.15) is 6.33 Å². The van der Waals surface area contributed by atoms with Crippen molar-refractivity contribution in [2.75, 3.05) is 6.54 Å². The van der Waals surface area contributed by atoms with E-state index in [4.69, 9.17) is 17.0 Å². The Morgan fingerprint density at radius 3 is 3.05 bits per heavy atom. The fourth-order valence-electron chi connectivity index (χ4n) is 4.55. The second-order valence-corrected chi connectivity index (χ2v) is 6.67. The summed E-state index contributed by atoms with van der Waals surface area (Å²) in [7, 11) is 0. The van der Waals surface area contributed by atoms with Crippen LogP contribution in [0, 0.1) is 5.92 Å². The standard InChI is InChI=1S/C15H19N3O2S/c19-13-12(20-14(21)17-9-7-16-10-17)11-4-1-2-5-15(11)6-3-8-18(13)15/h7,9-12H,1-6,8H2/t11-,12+,15+/m0/s1. The molecule has 3 atom stereocenters. The number of nitrogens with zero attached hydrogens (tertiary/aromatic N) is 3. The van der Waals surface area contributed by atoms with Gasteiger partial charge in [-0.1, -0.05) is 12.8 Å². The largest absolute Gasteiger partial charge is 0.457 e.